The van der Waals surface area contributed by atoms with Crippen LogP contribution < -0.4 is 20.7 Å². The fourth-order valence-electron chi connectivity index (χ4n) is 9.05. The van der Waals surface area contributed by atoms with E-state index in [9.17, 15) is 0 Å². The van der Waals surface area contributed by atoms with Gasteiger partial charge < -0.3 is 0 Å². The predicted molar refractivity (Wildman–Crippen MR) is 219 cm³/mol. The van der Waals surface area contributed by atoms with Crippen molar-refractivity contribution in [1.82, 2.24) is 0 Å². The first-order valence-corrected chi connectivity index (χ1v) is 23.7. The molecule has 0 unspecified atom stereocenters. The molecule has 0 amide bonds. The Labute approximate surface area is 293 Å². The molecule has 0 bridgehead atoms. The van der Waals surface area contributed by atoms with Crippen LogP contribution in [0.15, 0.2) is 121 Å². The lowest BCUT2D eigenvalue weighted by atomic mass is 9.81. The van der Waals surface area contributed by atoms with Gasteiger partial charge in [0.2, 0.25) is 0 Å². The van der Waals surface area contributed by atoms with E-state index in [1.807, 2.05) is 0 Å². The van der Waals surface area contributed by atoms with Crippen molar-refractivity contribution in [3.63, 3.8) is 0 Å². The van der Waals surface area contributed by atoms with Crippen molar-refractivity contribution in [3.05, 3.63) is 155 Å². The highest BCUT2D eigenvalue weighted by Crippen LogP contribution is 2.49. The molecule has 1 aliphatic carbocycles. The zero-order valence-electron chi connectivity index (χ0n) is 29.4. The molecule has 2 heterocycles. The maximum Gasteiger partial charge on any atom is 0.113 e. The highest BCUT2D eigenvalue weighted by Gasteiger charge is 2.38. The number of hydrogen-bond donors (Lipinski definition) is 0. The van der Waals surface area contributed by atoms with Crippen LogP contribution >= 0.6 is 0 Å². The largest absolute Gasteiger partial charge is 0.113 e. The summed E-state index contributed by atoms with van der Waals surface area (Å²) in [5.74, 6) is 0. The second-order valence-electron chi connectivity index (χ2n) is 15.9. The van der Waals surface area contributed by atoms with E-state index in [0.29, 0.717) is 0 Å². The summed E-state index contributed by atoms with van der Waals surface area (Å²) < 4.78 is 0. The molecular formula is C47H42Si2. The van der Waals surface area contributed by atoms with Gasteiger partial charge in [0.05, 0.1) is 0 Å². The molecule has 0 atom stereocenters. The number of hydrogen-bond acceptors (Lipinski definition) is 0. The van der Waals surface area contributed by atoms with Gasteiger partial charge in [-0.3, -0.25) is 0 Å². The van der Waals surface area contributed by atoms with Crippen LogP contribution in [0.1, 0.15) is 47.2 Å². The van der Waals surface area contributed by atoms with Gasteiger partial charge in [-0.05, 0) is 99.6 Å². The third-order valence-electron chi connectivity index (χ3n) is 11.9. The Balaban J connectivity index is 0.985. The lowest BCUT2D eigenvalue weighted by Gasteiger charge is -2.22. The summed E-state index contributed by atoms with van der Waals surface area (Å²) in [5.41, 5.74) is 16.2. The van der Waals surface area contributed by atoms with Gasteiger partial charge in [-0.15, -0.1) is 0 Å². The molecule has 0 radical (unpaired) electrons. The Kier molecular flexibility index (Phi) is 6.56. The average Bonchev–Trinajstić information content (AvgIpc) is 3.59. The van der Waals surface area contributed by atoms with Gasteiger partial charge in [0, 0.05) is 5.41 Å². The van der Waals surface area contributed by atoms with Gasteiger partial charge >= 0.3 is 0 Å². The van der Waals surface area contributed by atoms with E-state index in [0.717, 1.165) is 0 Å². The molecule has 0 saturated heterocycles. The molecule has 2 aliphatic heterocycles. The summed E-state index contributed by atoms with van der Waals surface area (Å²) in [6.45, 7) is 14.7. The number of fused-ring (bicyclic) bond motifs is 9. The van der Waals surface area contributed by atoms with Crippen LogP contribution in [-0.4, -0.2) is 16.1 Å². The van der Waals surface area contributed by atoms with Crippen LogP contribution in [0.2, 0.25) is 26.2 Å². The SMILES string of the molecule is CC1(C)c2cc(/C=C/c3ccc4c(c3)-c3ccccc3[Si]4(C)C)ccc2-c2ccc(/C=C/c3ccc4c(c3)-c3ccccc3[Si]4(C)C)cc21. The molecule has 49 heavy (non-hydrogen) atoms. The summed E-state index contributed by atoms with van der Waals surface area (Å²) >= 11 is 0. The number of benzene rings is 6. The van der Waals surface area contributed by atoms with E-state index >= 15 is 0 Å². The van der Waals surface area contributed by atoms with Crippen LogP contribution in [0.25, 0.3) is 57.7 Å². The summed E-state index contributed by atoms with van der Waals surface area (Å²) in [5, 5.41) is 6.23. The first-order chi connectivity index (χ1) is 23.5. The Morgan fingerprint density at radius 2 is 0.714 bits per heavy atom. The summed E-state index contributed by atoms with van der Waals surface area (Å²) in [7, 11) is -3.25. The second-order valence-corrected chi connectivity index (χ2v) is 24.5. The quantitative estimate of drug-likeness (QED) is 0.130. The van der Waals surface area contributed by atoms with Gasteiger partial charge in [0.25, 0.3) is 0 Å². The molecule has 6 aromatic rings. The Hall–Kier alpha value is -4.77. The molecule has 0 aromatic heterocycles. The van der Waals surface area contributed by atoms with Crippen LogP contribution in [-0.2, 0) is 5.41 Å². The molecule has 3 aliphatic rings. The molecule has 2 heteroatoms. The van der Waals surface area contributed by atoms with Crippen molar-refractivity contribution < 1.29 is 0 Å². The smallest absolute Gasteiger partial charge is 0.0623 e. The van der Waals surface area contributed by atoms with E-state index in [1.165, 1.54) is 66.8 Å². The van der Waals surface area contributed by atoms with Crippen molar-refractivity contribution in [3.8, 4) is 33.4 Å². The topological polar surface area (TPSA) is 0 Å². The van der Waals surface area contributed by atoms with Gasteiger partial charge in [-0.25, -0.2) is 0 Å². The fourth-order valence-corrected chi connectivity index (χ4v) is 15.2. The zero-order valence-corrected chi connectivity index (χ0v) is 31.4. The molecule has 0 spiro atoms. The Morgan fingerprint density at radius 3 is 1.14 bits per heavy atom. The van der Waals surface area contributed by atoms with Crippen molar-refractivity contribution >= 4 is 61.2 Å². The van der Waals surface area contributed by atoms with Crippen molar-refractivity contribution in [2.75, 3.05) is 0 Å². The number of rotatable bonds is 4. The molecular weight excluding hydrogens is 621 g/mol. The zero-order chi connectivity index (χ0) is 33.7. The predicted octanol–water partition coefficient (Wildman–Crippen LogP) is 9.94. The third kappa shape index (κ3) is 4.54. The van der Waals surface area contributed by atoms with Gasteiger partial charge in [-0.2, -0.15) is 0 Å². The summed E-state index contributed by atoms with van der Waals surface area (Å²) in [6, 6.07) is 46.3. The monoisotopic (exact) mass is 662 g/mol. The van der Waals surface area contributed by atoms with E-state index in [-0.39, 0.29) is 5.41 Å². The average molecular weight is 663 g/mol. The third-order valence-corrected chi connectivity index (χ3v) is 19.0. The minimum Gasteiger partial charge on any atom is -0.0623 e. The van der Waals surface area contributed by atoms with E-state index < -0.39 is 16.1 Å². The molecule has 0 fully saturated rings. The van der Waals surface area contributed by atoms with Crippen molar-refractivity contribution in [1.29, 1.82) is 0 Å². The molecule has 0 saturated carbocycles. The van der Waals surface area contributed by atoms with E-state index in [2.05, 4.69) is 186 Å². The van der Waals surface area contributed by atoms with E-state index in [4.69, 9.17) is 0 Å². The fraction of sp³-hybridized carbons (Fsp3) is 0.149. The highest BCUT2D eigenvalue weighted by molar-refractivity contribution is 7.04. The van der Waals surface area contributed by atoms with Crippen LogP contribution in [0.3, 0.4) is 0 Å². The minimum atomic E-state index is -1.62. The minimum absolute atomic E-state index is 0.0701. The normalized spacial score (nSPS) is 16.7. The lowest BCUT2D eigenvalue weighted by molar-refractivity contribution is 0.660. The van der Waals surface area contributed by atoms with Gasteiger partial charge in [0.15, 0.2) is 0 Å². The van der Waals surface area contributed by atoms with Crippen LogP contribution in [0.5, 0.6) is 0 Å². The second kappa shape index (κ2) is 10.6. The lowest BCUT2D eigenvalue weighted by Crippen LogP contribution is -2.49. The molecule has 9 rings (SSSR count). The van der Waals surface area contributed by atoms with Crippen molar-refractivity contribution in [2.45, 2.75) is 45.5 Å². The highest BCUT2D eigenvalue weighted by atomic mass is 28.3. The van der Waals surface area contributed by atoms with E-state index in [1.54, 1.807) is 20.7 Å². The van der Waals surface area contributed by atoms with Crippen LogP contribution in [0.4, 0.5) is 0 Å². The molecule has 0 nitrogen and oxygen atoms in total. The first-order valence-electron chi connectivity index (χ1n) is 17.7. The summed E-state index contributed by atoms with van der Waals surface area (Å²) in [6.07, 6.45) is 9.15. The van der Waals surface area contributed by atoms with Gasteiger partial charge in [0.1, 0.15) is 16.1 Å². The molecule has 238 valence electrons. The summed E-state index contributed by atoms with van der Waals surface area (Å²) in [4.78, 5) is 0. The molecule has 6 aromatic carbocycles. The Bertz CT molecular complexity index is 2250. The van der Waals surface area contributed by atoms with Crippen molar-refractivity contribution in [2.24, 2.45) is 0 Å². The van der Waals surface area contributed by atoms with Gasteiger partial charge in [-0.1, -0.05) is 174 Å². The van der Waals surface area contributed by atoms with Crippen LogP contribution in [0, 0.1) is 0 Å². The maximum absolute atomic E-state index is 2.48. The first kappa shape index (κ1) is 30.3. The standard InChI is InChI=1S/C47H42Si2/c1-47(2)41-29-33(17-15-31-21-25-45-39(27-31)37-11-7-9-13-43(37)48(45,3)4)19-23-35(41)36-24-20-34(30-42(36)47)18-16-32-22-26-46-40(28-32)38-12-8-10-14-44(38)49(46,5)6/h7-30H,1-6H3/b17-15+,18-16+. The Morgan fingerprint density at radius 1 is 0.367 bits per heavy atom. The maximum atomic E-state index is 2.48. The molecule has 0 N–H and O–H groups in total.